The highest BCUT2D eigenvalue weighted by atomic mass is 19.3. The van der Waals surface area contributed by atoms with E-state index < -0.39 is 17.4 Å². The van der Waals surface area contributed by atoms with Gasteiger partial charge in [0.15, 0.2) is 5.75 Å². The van der Waals surface area contributed by atoms with E-state index in [0.29, 0.717) is 5.69 Å². The van der Waals surface area contributed by atoms with Crippen LogP contribution in [0.25, 0.3) is 0 Å². The Labute approximate surface area is 78.7 Å². The van der Waals surface area contributed by atoms with Crippen LogP contribution in [0.2, 0.25) is 0 Å². The molecule has 78 valence electrons. The first-order valence-corrected chi connectivity index (χ1v) is 3.88. The monoisotopic (exact) mass is 204 g/mol. The van der Waals surface area contributed by atoms with Gasteiger partial charge >= 0.3 is 0 Å². The first-order valence-electron chi connectivity index (χ1n) is 3.88. The third-order valence-corrected chi connectivity index (χ3v) is 1.79. The van der Waals surface area contributed by atoms with E-state index in [1.165, 1.54) is 7.11 Å². The second-order valence-electron chi connectivity index (χ2n) is 2.59. The third kappa shape index (κ3) is 1.74. The molecule has 6 heteroatoms. The number of rotatable bonds is 3. The Balaban J connectivity index is 3.35. The standard InChI is InChI=1S/C8H10F2N2O2/c1-14-7-5(2-11)12-3-4(6(7)13)8(9)10/h3,8H,2,11H2,1H3,(H,12,13). The summed E-state index contributed by atoms with van der Waals surface area (Å²) in [6.45, 7) is 0.0297. The van der Waals surface area contributed by atoms with E-state index in [1.807, 2.05) is 0 Å². The first kappa shape index (κ1) is 10.6. The van der Waals surface area contributed by atoms with Crippen molar-refractivity contribution in [2.24, 2.45) is 5.73 Å². The summed E-state index contributed by atoms with van der Waals surface area (Å²) in [5.41, 5.74) is 4.16. The molecule has 1 rings (SSSR count). The molecule has 1 aromatic heterocycles. The average Bonchev–Trinajstić information content (AvgIpc) is 2.16. The average molecular weight is 204 g/mol. The summed E-state index contributed by atoms with van der Waals surface area (Å²) in [5.74, 6) is -0.148. The molecule has 0 atom stereocenters. The van der Waals surface area contributed by atoms with Crippen LogP contribution in [0.1, 0.15) is 17.7 Å². The van der Waals surface area contributed by atoms with E-state index in [2.05, 4.69) is 4.98 Å². The van der Waals surface area contributed by atoms with E-state index >= 15 is 0 Å². The Morgan fingerprint density at radius 1 is 1.64 bits per heavy atom. The third-order valence-electron chi connectivity index (χ3n) is 1.79. The Kier molecular flexibility index (Phi) is 3.19. The van der Waals surface area contributed by atoms with Gasteiger partial charge in [-0.2, -0.15) is 0 Å². The number of nitrogens with one attached hydrogen (secondary N) is 1. The van der Waals surface area contributed by atoms with Crippen LogP contribution in [0.5, 0.6) is 5.75 Å². The summed E-state index contributed by atoms with van der Waals surface area (Å²) in [7, 11) is 1.24. The Hall–Kier alpha value is -1.43. The molecule has 0 bridgehead atoms. The van der Waals surface area contributed by atoms with Crippen molar-refractivity contribution < 1.29 is 13.5 Å². The molecule has 3 N–H and O–H groups in total. The molecule has 0 saturated carbocycles. The molecule has 0 aliphatic carbocycles. The summed E-state index contributed by atoms with van der Waals surface area (Å²) < 4.78 is 29.2. The minimum atomic E-state index is -2.82. The minimum Gasteiger partial charge on any atom is -0.491 e. The summed E-state index contributed by atoms with van der Waals surface area (Å²) in [5, 5.41) is 0. The van der Waals surface area contributed by atoms with Gasteiger partial charge in [0.05, 0.1) is 18.4 Å². The van der Waals surface area contributed by atoms with Crippen LogP contribution in [0.15, 0.2) is 11.0 Å². The molecular weight excluding hydrogens is 194 g/mol. The van der Waals surface area contributed by atoms with Gasteiger partial charge in [-0.25, -0.2) is 8.78 Å². The fraction of sp³-hybridized carbons (Fsp3) is 0.375. The predicted molar refractivity (Wildman–Crippen MR) is 46.5 cm³/mol. The highest BCUT2D eigenvalue weighted by Gasteiger charge is 2.17. The lowest BCUT2D eigenvalue weighted by Gasteiger charge is -2.07. The fourth-order valence-electron chi connectivity index (χ4n) is 1.09. The number of nitrogens with two attached hydrogens (primary N) is 1. The van der Waals surface area contributed by atoms with Gasteiger partial charge in [-0.15, -0.1) is 0 Å². The molecule has 0 saturated heterocycles. The molecule has 4 nitrogen and oxygen atoms in total. The molecule has 0 aliphatic heterocycles. The lowest BCUT2D eigenvalue weighted by molar-refractivity contribution is 0.149. The second kappa shape index (κ2) is 4.19. The predicted octanol–water partition coefficient (Wildman–Crippen LogP) is 0.780. The fourth-order valence-corrected chi connectivity index (χ4v) is 1.09. The molecule has 0 fully saturated rings. The van der Waals surface area contributed by atoms with Gasteiger partial charge in [-0.1, -0.05) is 0 Å². The van der Waals surface area contributed by atoms with Gasteiger partial charge in [-0.3, -0.25) is 4.79 Å². The second-order valence-corrected chi connectivity index (χ2v) is 2.59. The summed E-state index contributed by atoms with van der Waals surface area (Å²) >= 11 is 0. The number of H-pyrrole nitrogens is 1. The molecule has 0 unspecified atom stereocenters. The van der Waals surface area contributed by atoms with Crippen LogP contribution < -0.4 is 15.9 Å². The number of methoxy groups -OCH3 is 1. The van der Waals surface area contributed by atoms with Gasteiger partial charge in [0.25, 0.3) is 6.43 Å². The number of aromatic nitrogens is 1. The lowest BCUT2D eigenvalue weighted by Crippen LogP contribution is -2.17. The number of hydrogen-bond donors (Lipinski definition) is 2. The Bertz CT molecular complexity index is 376. The van der Waals surface area contributed by atoms with Gasteiger partial charge in [0.1, 0.15) is 0 Å². The molecule has 0 spiro atoms. The van der Waals surface area contributed by atoms with Crippen LogP contribution >= 0.6 is 0 Å². The van der Waals surface area contributed by atoms with E-state index in [1.54, 1.807) is 0 Å². The van der Waals surface area contributed by atoms with E-state index in [-0.39, 0.29) is 12.3 Å². The van der Waals surface area contributed by atoms with Crippen LogP contribution in [-0.2, 0) is 6.54 Å². The zero-order chi connectivity index (χ0) is 10.7. The molecule has 14 heavy (non-hydrogen) atoms. The van der Waals surface area contributed by atoms with Crippen LogP contribution in [0, 0.1) is 0 Å². The number of alkyl halides is 2. The summed E-state index contributed by atoms with van der Waals surface area (Å²) in [6, 6.07) is 0. The van der Waals surface area contributed by atoms with Crippen molar-refractivity contribution in [3.63, 3.8) is 0 Å². The SMILES string of the molecule is COc1c(CN)[nH]cc(C(F)F)c1=O. The van der Waals surface area contributed by atoms with Crippen molar-refractivity contribution in [1.82, 2.24) is 4.98 Å². The quantitative estimate of drug-likeness (QED) is 0.764. The molecule has 0 aliphatic rings. The highest BCUT2D eigenvalue weighted by Crippen LogP contribution is 2.18. The van der Waals surface area contributed by atoms with Crippen molar-refractivity contribution in [3.8, 4) is 5.75 Å². The van der Waals surface area contributed by atoms with Crippen molar-refractivity contribution in [2.45, 2.75) is 13.0 Å². The summed E-state index contributed by atoms with van der Waals surface area (Å²) in [6.07, 6.45) is -1.86. The molecule has 0 aromatic carbocycles. The van der Waals surface area contributed by atoms with E-state index in [4.69, 9.17) is 10.5 Å². The maximum atomic E-state index is 12.3. The molecular formula is C8H10F2N2O2. The molecule has 1 aromatic rings. The van der Waals surface area contributed by atoms with E-state index in [0.717, 1.165) is 6.20 Å². The highest BCUT2D eigenvalue weighted by molar-refractivity contribution is 5.32. The van der Waals surface area contributed by atoms with Crippen LogP contribution in [-0.4, -0.2) is 12.1 Å². The Morgan fingerprint density at radius 3 is 2.71 bits per heavy atom. The topological polar surface area (TPSA) is 68.1 Å². The lowest BCUT2D eigenvalue weighted by atomic mass is 10.2. The number of hydrogen-bond acceptors (Lipinski definition) is 3. The van der Waals surface area contributed by atoms with Gasteiger partial charge in [-0.05, 0) is 0 Å². The van der Waals surface area contributed by atoms with Crippen LogP contribution in [0.3, 0.4) is 0 Å². The maximum Gasteiger partial charge on any atom is 0.269 e. The normalized spacial score (nSPS) is 10.6. The van der Waals surface area contributed by atoms with Crippen molar-refractivity contribution in [1.29, 1.82) is 0 Å². The number of ether oxygens (including phenoxy) is 1. The zero-order valence-electron chi connectivity index (χ0n) is 7.51. The zero-order valence-corrected chi connectivity index (χ0v) is 7.51. The van der Waals surface area contributed by atoms with Crippen molar-refractivity contribution >= 4 is 0 Å². The molecule has 0 amide bonds. The maximum absolute atomic E-state index is 12.3. The molecule has 1 heterocycles. The number of halogens is 2. The van der Waals surface area contributed by atoms with Crippen LogP contribution in [0.4, 0.5) is 8.78 Å². The smallest absolute Gasteiger partial charge is 0.269 e. The minimum absolute atomic E-state index is 0.0297. The van der Waals surface area contributed by atoms with Gasteiger partial charge in [0, 0.05) is 12.7 Å². The molecule has 0 radical (unpaired) electrons. The Morgan fingerprint density at radius 2 is 2.29 bits per heavy atom. The van der Waals surface area contributed by atoms with Crippen molar-refractivity contribution in [3.05, 3.63) is 27.7 Å². The largest absolute Gasteiger partial charge is 0.491 e. The van der Waals surface area contributed by atoms with Gasteiger partial charge < -0.3 is 15.5 Å². The number of pyridine rings is 1. The van der Waals surface area contributed by atoms with Crippen molar-refractivity contribution in [2.75, 3.05) is 7.11 Å². The van der Waals surface area contributed by atoms with Gasteiger partial charge in [0.2, 0.25) is 5.43 Å². The summed E-state index contributed by atoms with van der Waals surface area (Å²) in [4.78, 5) is 13.8. The number of aromatic amines is 1. The first-order chi connectivity index (χ1) is 6.61. The van der Waals surface area contributed by atoms with E-state index in [9.17, 15) is 13.6 Å².